The second-order valence-electron chi connectivity index (χ2n) is 9.96. The predicted molar refractivity (Wildman–Crippen MR) is 155 cm³/mol. The molecule has 1 unspecified atom stereocenters. The average Bonchev–Trinajstić information content (AvgIpc) is 3.38. The Balaban J connectivity index is 1.19. The van der Waals surface area contributed by atoms with Crippen molar-refractivity contribution in [1.29, 1.82) is 0 Å². The number of hydrogen-bond acceptors (Lipinski definition) is 6. The van der Waals surface area contributed by atoms with Gasteiger partial charge in [-0.3, -0.25) is 9.59 Å². The van der Waals surface area contributed by atoms with E-state index in [1.54, 1.807) is 24.1 Å². The first-order valence-electron chi connectivity index (χ1n) is 13.5. The Hall–Kier alpha value is -3.89. The van der Waals surface area contributed by atoms with E-state index < -0.39 is 15.9 Å². The third-order valence-electron chi connectivity index (χ3n) is 7.58. The van der Waals surface area contributed by atoms with E-state index >= 15 is 0 Å². The van der Waals surface area contributed by atoms with Crippen LogP contribution in [0.4, 0.5) is 17.1 Å². The van der Waals surface area contributed by atoms with E-state index in [2.05, 4.69) is 10.2 Å². The smallest absolute Gasteiger partial charge is 0.243 e. The van der Waals surface area contributed by atoms with Gasteiger partial charge in [-0.25, -0.2) is 8.42 Å². The maximum Gasteiger partial charge on any atom is 0.243 e. The first-order chi connectivity index (χ1) is 19.3. The van der Waals surface area contributed by atoms with Crippen molar-refractivity contribution < 1.29 is 22.7 Å². The summed E-state index contributed by atoms with van der Waals surface area (Å²) >= 11 is 0. The third kappa shape index (κ3) is 5.55. The van der Waals surface area contributed by atoms with Crippen LogP contribution >= 0.6 is 0 Å². The van der Waals surface area contributed by atoms with Crippen LogP contribution in [0.15, 0.2) is 77.7 Å². The van der Waals surface area contributed by atoms with Crippen molar-refractivity contribution in [3.8, 4) is 5.75 Å². The number of nitrogens with zero attached hydrogens (tertiary/aromatic N) is 3. The zero-order valence-corrected chi connectivity index (χ0v) is 23.6. The van der Waals surface area contributed by atoms with Gasteiger partial charge in [0, 0.05) is 50.5 Å². The molecular formula is C30H34N4O5S. The third-order valence-corrected chi connectivity index (χ3v) is 9.50. The number of hydrogen-bond donors (Lipinski definition) is 1. The van der Waals surface area contributed by atoms with Crippen molar-refractivity contribution in [1.82, 2.24) is 4.31 Å². The summed E-state index contributed by atoms with van der Waals surface area (Å²) in [5.41, 5.74) is 3.35. The highest BCUT2D eigenvalue weighted by molar-refractivity contribution is 7.89. The van der Waals surface area contributed by atoms with E-state index in [0.29, 0.717) is 38.4 Å². The van der Waals surface area contributed by atoms with Crippen LogP contribution in [0, 0.1) is 5.92 Å². The number of piperazine rings is 1. The number of benzene rings is 3. The highest BCUT2D eigenvalue weighted by Crippen LogP contribution is 2.31. The Morgan fingerprint density at radius 3 is 2.25 bits per heavy atom. The van der Waals surface area contributed by atoms with E-state index in [9.17, 15) is 18.0 Å². The van der Waals surface area contributed by atoms with Crippen LogP contribution in [0.1, 0.15) is 18.9 Å². The maximum absolute atomic E-state index is 13.3. The quantitative estimate of drug-likeness (QED) is 0.449. The van der Waals surface area contributed by atoms with Crippen LogP contribution in [-0.2, 0) is 26.0 Å². The summed E-state index contributed by atoms with van der Waals surface area (Å²) in [6, 6.07) is 21.7. The van der Waals surface area contributed by atoms with Gasteiger partial charge in [0.1, 0.15) is 5.75 Å². The molecule has 0 spiro atoms. The topological polar surface area (TPSA) is 99.3 Å². The monoisotopic (exact) mass is 562 g/mol. The molecule has 3 aromatic rings. The Morgan fingerprint density at radius 1 is 0.925 bits per heavy atom. The summed E-state index contributed by atoms with van der Waals surface area (Å²) in [5.74, 6) is -0.0570. The van der Waals surface area contributed by atoms with Crippen LogP contribution in [0.3, 0.4) is 0 Å². The number of sulfonamides is 1. The van der Waals surface area contributed by atoms with Crippen molar-refractivity contribution in [3.63, 3.8) is 0 Å². The molecule has 40 heavy (non-hydrogen) atoms. The second-order valence-corrected chi connectivity index (χ2v) is 11.9. The fourth-order valence-electron chi connectivity index (χ4n) is 5.35. The Morgan fingerprint density at radius 2 is 1.57 bits per heavy atom. The first-order valence-corrected chi connectivity index (χ1v) is 14.9. The molecule has 0 saturated carbocycles. The van der Waals surface area contributed by atoms with Gasteiger partial charge in [0.2, 0.25) is 21.8 Å². The summed E-state index contributed by atoms with van der Waals surface area (Å²) in [7, 11) is -2.06. The summed E-state index contributed by atoms with van der Waals surface area (Å²) in [6.45, 7) is 4.16. The fourth-order valence-corrected chi connectivity index (χ4v) is 6.78. The minimum Gasteiger partial charge on any atom is -0.495 e. The van der Waals surface area contributed by atoms with E-state index in [1.165, 1.54) is 16.4 Å². The standard InChI is InChI=1S/C30H34N4O5S/c1-3-22-8-4-5-9-26(22)34-21-23(20-29(34)35)30(36)31-24-12-14-25(15-13-24)40(37,38)33-18-16-32(17-19-33)27-10-6-7-11-28(27)39-2/h4-15,23H,3,16-21H2,1-2H3,(H,31,36). The van der Waals surface area contributed by atoms with Gasteiger partial charge in [-0.1, -0.05) is 37.3 Å². The Kier molecular flexibility index (Phi) is 8.09. The highest BCUT2D eigenvalue weighted by Gasteiger charge is 2.36. The first kappa shape index (κ1) is 27.7. The molecule has 0 aliphatic carbocycles. The summed E-state index contributed by atoms with van der Waals surface area (Å²) in [5, 5.41) is 2.85. The molecule has 2 fully saturated rings. The van der Waals surface area contributed by atoms with Crippen LogP contribution in [0.5, 0.6) is 5.75 Å². The minimum atomic E-state index is -3.68. The molecule has 2 aliphatic heterocycles. The van der Waals surface area contributed by atoms with Gasteiger partial charge in [0.05, 0.1) is 23.6 Å². The molecule has 0 radical (unpaired) electrons. The van der Waals surface area contributed by atoms with Crippen molar-refractivity contribution in [3.05, 3.63) is 78.4 Å². The molecule has 2 aliphatic rings. The molecule has 0 aromatic heterocycles. The molecule has 5 rings (SSSR count). The second kappa shape index (κ2) is 11.7. The van der Waals surface area contributed by atoms with Gasteiger partial charge in [0.15, 0.2) is 0 Å². The molecule has 3 aromatic carbocycles. The largest absolute Gasteiger partial charge is 0.495 e. The molecule has 1 N–H and O–H groups in total. The maximum atomic E-state index is 13.3. The number of anilines is 3. The predicted octanol–water partition coefficient (Wildman–Crippen LogP) is 3.76. The number of para-hydroxylation sites is 3. The number of aryl methyl sites for hydroxylation is 1. The van der Waals surface area contributed by atoms with Crippen LogP contribution in [0.25, 0.3) is 0 Å². The Bertz CT molecular complexity index is 1480. The molecule has 9 nitrogen and oxygen atoms in total. The lowest BCUT2D eigenvalue weighted by molar-refractivity contribution is -0.122. The molecule has 0 bridgehead atoms. The molecule has 10 heteroatoms. The average molecular weight is 563 g/mol. The number of rotatable bonds is 8. The van der Waals surface area contributed by atoms with Gasteiger partial charge in [-0.2, -0.15) is 4.31 Å². The van der Waals surface area contributed by atoms with Crippen molar-refractivity contribution in [2.24, 2.45) is 5.92 Å². The number of carbonyl (C=O) groups excluding carboxylic acids is 2. The summed E-state index contributed by atoms with van der Waals surface area (Å²) < 4.78 is 33.6. The highest BCUT2D eigenvalue weighted by atomic mass is 32.2. The molecule has 1 atom stereocenters. The Labute approximate surface area is 235 Å². The van der Waals surface area contributed by atoms with Gasteiger partial charge < -0.3 is 19.9 Å². The van der Waals surface area contributed by atoms with E-state index in [1.807, 2.05) is 55.5 Å². The zero-order chi connectivity index (χ0) is 28.3. The fraction of sp³-hybridized carbons (Fsp3) is 0.333. The normalized spacial score (nSPS) is 18.1. The van der Waals surface area contributed by atoms with Gasteiger partial charge in [-0.15, -0.1) is 0 Å². The van der Waals surface area contributed by atoms with Gasteiger partial charge in [0.25, 0.3) is 0 Å². The lowest BCUT2D eigenvalue weighted by Crippen LogP contribution is -2.48. The number of carbonyl (C=O) groups is 2. The lowest BCUT2D eigenvalue weighted by atomic mass is 10.1. The van der Waals surface area contributed by atoms with Gasteiger partial charge >= 0.3 is 0 Å². The van der Waals surface area contributed by atoms with Crippen molar-refractivity contribution in [2.45, 2.75) is 24.7 Å². The number of methoxy groups -OCH3 is 1. The number of nitrogens with one attached hydrogen (secondary N) is 1. The zero-order valence-electron chi connectivity index (χ0n) is 22.7. The van der Waals surface area contributed by atoms with Crippen LogP contribution < -0.4 is 19.9 Å². The molecule has 210 valence electrons. The molecule has 2 heterocycles. The number of ether oxygens (including phenoxy) is 1. The van der Waals surface area contributed by atoms with Crippen LogP contribution in [-0.4, -0.2) is 64.4 Å². The van der Waals surface area contributed by atoms with Crippen molar-refractivity contribution in [2.75, 3.05) is 55.0 Å². The SMILES string of the molecule is CCc1ccccc1N1CC(C(=O)Nc2ccc(S(=O)(=O)N3CCN(c4ccccc4OC)CC3)cc2)CC1=O. The summed E-state index contributed by atoms with van der Waals surface area (Å²) in [6.07, 6.45) is 0.931. The van der Waals surface area contributed by atoms with Crippen LogP contribution in [0.2, 0.25) is 0 Å². The molecule has 2 amide bonds. The van der Waals surface area contributed by atoms with Gasteiger partial charge in [-0.05, 0) is 54.4 Å². The summed E-state index contributed by atoms with van der Waals surface area (Å²) in [4.78, 5) is 29.7. The molecular weight excluding hydrogens is 528 g/mol. The number of amides is 2. The minimum absolute atomic E-state index is 0.0757. The van der Waals surface area contributed by atoms with Crippen molar-refractivity contribution >= 4 is 38.9 Å². The molecule has 2 saturated heterocycles. The van der Waals surface area contributed by atoms with E-state index in [-0.39, 0.29) is 23.1 Å². The lowest BCUT2D eigenvalue weighted by Gasteiger charge is -2.35. The van der Waals surface area contributed by atoms with E-state index in [4.69, 9.17) is 4.74 Å². The van der Waals surface area contributed by atoms with E-state index in [0.717, 1.165) is 29.1 Å².